The predicted molar refractivity (Wildman–Crippen MR) is 51.7 cm³/mol. The van der Waals surface area contributed by atoms with Gasteiger partial charge in [-0.25, -0.2) is 0 Å². The fourth-order valence-corrected chi connectivity index (χ4v) is 1.38. The molecule has 0 fully saturated rings. The Kier molecular flexibility index (Phi) is 5.20. The zero-order chi connectivity index (χ0) is 11.2. The second-order valence-corrected chi connectivity index (χ2v) is 3.00. The highest BCUT2D eigenvalue weighted by molar-refractivity contribution is 5.99. The first-order valence-corrected chi connectivity index (χ1v) is 4.84. The van der Waals surface area contributed by atoms with Crippen molar-refractivity contribution in [2.45, 2.75) is 33.6 Å². The van der Waals surface area contributed by atoms with Gasteiger partial charge < -0.3 is 9.47 Å². The lowest BCUT2D eigenvalue weighted by molar-refractivity contribution is -0.171. The number of carbonyl (C=O) groups excluding carboxylic acids is 2. The lowest BCUT2D eigenvalue weighted by Crippen LogP contribution is -2.40. The summed E-state index contributed by atoms with van der Waals surface area (Å²) >= 11 is 0. The van der Waals surface area contributed by atoms with E-state index in [9.17, 15) is 9.59 Å². The Balaban J connectivity index is 4.86. The number of hydrogen-bond donors (Lipinski definition) is 0. The van der Waals surface area contributed by atoms with Crippen LogP contribution >= 0.6 is 0 Å². The highest BCUT2D eigenvalue weighted by Gasteiger charge is 2.45. The van der Waals surface area contributed by atoms with Gasteiger partial charge in [0.05, 0.1) is 13.7 Å². The fourth-order valence-electron chi connectivity index (χ4n) is 1.38. The molecule has 0 atom stereocenters. The van der Waals surface area contributed by atoms with E-state index in [1.165, 1.54) is 7.11 Å². The van der Waals surface area contributed by atoms with Gasteiger partial charge in [0, 0.05) is 0 Å². The largest absolute Gasteiger partial charge is 0.468 e. The summed E-state index contributed by atoms with van der Waals surface area (Å²) in [6.07, 6.45) is 0.796. The maximum Gasteiger partial charge on any atom is 0.323 e. The molecular formula is C10H18O4. The molecule has 0 aromatic carbocycles. The van der Waals surface area contributed by atoms with Gasteiger partial charge in [0.15, 0.2) is 5.41 Å². The normalized spacial score (nSPS) is 10.9. The quantitative estimate of drug-likeness (QED) is 0.501. The van der Waals surface area contributed by atoms with E-state index in [0.717, 1.165) is 0 Å². The summed E-state index contributed by atoms with van der Waals surface area (Å²) < 4.78 is 9.50. The van der Waals surface area contributed by atoms with Crippen molar-refractivity contribution in [3.63, 3.8) is 0 Å². The van der Waals surface area contributed by atoms with Crippen molar-refractivity contribution < 1.29 is 19.1 Å². The summed E-state index contributed by atoms with van der Waals surface area (Å²) in [5, 5.41) is 0. The van der Waals surface area contributed by atoms with Crippen LogP contribution in [0.5, 0.6) is 0 Å². The molecule has 82 valence electrons. The van der Waals surface area contributed by atoms with E-state index in [0.29, 0.717) is 12.8 Å². The summed E-state index contributed by atoms with van der Waals surface area (Å²) in [7, 11) is 1.28. The number of rotatable bonds is 5. The van der Waals surface area contributed by atoms with Crippen LogP contribution in [-0.4, -0.2) is 25.7 Å². The monoisotopic (exact) mass is 202 g/mol. The van der Waals surface area contributed by atoms with Crippen molar-refractivity contribution in [2.75, 3.05) is 13.7 Å². The molecule has 0 unspecified atom stereocenters. The Labute approximate surface area is 84.6 Å². The molecule has 4 nitrogen and oxygen atoms in total. The van der Waals surface area contributed by atoms with Gasteiger partial charge in [0.1, 0.15) is 0 Å². The lowest BCUT2D eigenvalue weighted by atomic mass is 9.82. The molecule has 0 N–H and O–H groups in total. The summed E-state index contributed by atoms with van der Waals surface area (Å²) in [5.41, 5.74) is -1.12. The zero-order valence-corrected chi connectivity index (χ0v) is 9.25. The zero-order valence-electron chi connectivity index (χ0n) is 9.25. The minimum Gasteiger partial charge on any atom is -0.468 e. The molecule has 0 heterocycles. The van der Waals surface area contributed by atoms with Crippen LogP contribution in [0.3, 0.4) is 0 Å². The van der Waals surface area contributed by atoms with Crippen LogP contribution in [0.4, 0.5) is 0 Å². The molecule has 0 aliphatic heterocycles. The second kappa shape index (κ2) is 5.62. The number of carbonyl (C=O) groups is 2. The highest BCUT2D eigenvalue weighted by atomic mass is 16.6. The van der Waals surface area contributed by atoms with E-state index in [-0.39, 0.29) is 6.61 Å². The standard InChI is InChI=1S/C10H18O4/c1-5-10(6-2,8(11)13-4)9(12)14-7-3/h5-7H2,1-4H3. The van der Waals surface area contributed by atoms with E-state index in [4.69, 9.17) is 4.74 Å². The van der Waals surface area contributed by atoms with Gasteiger partial charge in [0.2, 0.25) is 0 Å². The predicted octanol–water partition coefficient (Wildman–Crippen LogP) is 1.53. The number of hydrogen-bond acceptors (Lipinski definition) is 4. The number of methoxy groups -OCH3 is 1. The Bertz CT molecular complexity index is 206. The van der Waals surface area contributed by atoms with Crippen molar-refractivity contribution in [2.24, 2.45) is 5.41 Å². The fraction of sp³-hybridized carbons (Fsp3) is 0.800. The van der Waals surface area contributed by atoms with Crippen LogP contribution in [-0.2, 0) is 19.1 Å². The molecule has 0 rings (SSSR count). The Morgan fingerprint density at radius 2 is 1.57 bits per heavy atom. The van der Waals surface area contributed by atoms with Crippen LogP contribution in [0.15, 0.2) is 0 Å². The molecule has 0 amide bonds. The maximum absolute atomic E-state index is 11.6. The Morgan fingerprint density at radius 3 is 1.86 bits per heavy atom. The number of esters is 2. The second-order valence-electron chi connectivity index (χ2n) is 3.00. The third-order valence-corrected chi connectivity index (χ3v) is 2.45. The van der Waals surface area contributed by atoms with Crippen molar-refractivity contribution in [1.29, 1.82) is 0 Å². The average molecular weight is 202 g/mol. The van der Waals surface area contributed by atoms with Crippen LogP contribution in [0, 0.1) is 5.41 Å². The number of ether oxygens (including phenoxy) is 2. The van der Waals surface area contributed by atoms with E-state index in [2.05, 4.69) is 4.74 Å². The minimum absolute atomic E-state index is 0.275. The molecule has 0 saturated heterocycles. The van der Waals surface area contributed by atoms with Gasteiger partial charge in [-0.3, -0.25) is 9.59 Å². The van der Waals surface area contributed by atoms with E-state index >= 15 is 0 Å². The van der Waals surface area contributed by atoms with Crippen LogP contribution in [0.1, 0.15) is 33.6 Å². The van der Waals surface area contributed by atoms with Crippen molar-refractivity contribution in [3.05, 3.63) is 0 Å². The van der Waals surface area contributed by atoms with Crippen LogP contribution < -0.4 is 0 Å². The molecule has 0 spiro atoms. The van der Waals surface area contributed by atoms with Crippen molar-refractivity contribution in [3.8, 4) is 0 Å². The van der Waals surface area contributed by atoms with E-state index in [1.54, 1.807) is 20.8 Å². The van der Waals surface area contributed by atoms with E-state index < -0.39 is 17.4 Å². The van der Waals surface area contributed by atoms with Gasteiger partial charge in [-0.05, 0) is 19.8 Å². The summed E-state index contributed by atoms with van der Waals surface area (Å²) in [6.45, 7) is 5.54. The molecule has 4 heteroatoms. The third-order valence-electron chi connectivity index (χ3n) is 2.45. The third kappa shape index (κ3) is 2.25. The van der Waals surface area contributed by atoms with Crippen LogP contribution in [0.2, 0.25) is 0 Å². The van der Waals surface area contributed by atoms with Gasteiger partial charge in [-0.15, -0.1) is 0 Å². The first-order valence-electron chi connectivity index (χ1n) is 4.84. The van der Waals surface area contributed by atoms with Gasteiger partial charge in [-0.2, -0.15) is 0 Å². The first-order chi connectivity index (χ1) is 6.58. The molecule has 0 radical (unpaired) electrons. The van der Waals surface area contributed by atoms with E-state index in [1.807, 2.05) is 0 Å². The molecule has 0 bridgehead atoms. The minimum atomic E-state index is -1.12. The van der Waals surface area contributed by atoms with Crippen molar-refractivity contribution >= 4 is 11.9 Å². The molecule has 0 aromatic heterocycles. The van der Waals surface area contributed by atoms with Gasteiger partial charge in [0.25, 0.3) is 0 Å². The molecule has 0 saturated carbocycles. The Hall–Kier alpha value is -1.06. The molecule has 14 heavy (non-hydrogen) atoms. The van der Waals surface area contributed by atoms with Gasteiger partial charge in [-0.1, -0.05) is 13.8 Å². The first kappa shape index (κ1) is 12.9. The maximum atomic E-state index is 11.6. The lowest BCUT2D eigenvalue weighted by Gasteiger charge is -2.25. The molecule has 0 aliphatic rings. The van der Waals surface area contributed by atoms with Crippen LogP contribution in [0.25, 0.3) is 0 Å². The SMILES string of the molecule is CCOC(=O)C(CC)(CC)C(=O)OC. The molecular weight excluding hydrogens is 184 g/mol. The topological polar surface area (TPSA) is 52.6 Å². The average Bonchev–Trinajstić information content (AvgIpc) is 2.20. The van der Waals surface area contributed by atoms with Crippen molar-refractivity contribution in [1.82, 2.24) is 0 Å². The molecule has 0 aromatic rings. The summed E-state index contributed by atoms with van der Waals surface area (Å²) in [6, 6.07) is 0. The summed E-state index contributed by atoms with van der Waals surface area (Å²) in [4.78, 5) is 23.1. The smallest absolute Gasteiger partial charge is 0.323 e. The Morgan fingerprint density at radius 1 is 1.07 bits per heavy atom. The summed E-state index contributed by atoms with van der Waals surface area (Å²) in [5.74, 6) is -1.00. The highest BCUT2D eigenvalue weighted by Crippen LogP contribution is 2.29. The van der Waals surface area contributed by atoms with Gasteiger partial charge >= 0.3 is 11.9 Å². The molecule has 0 aliphatic carbocycles.